The fourth-order valence-corrected chi connectivity index (χ4v) is 5.89. The van der Waals surface area contributed by atoms with Crippen LogP contribution < -0.4 is 0 Å². The Bertz CT molecular complexity index is 1050. The Hall–Kier alpha value is -2.59. The Kier molecular flexibility index (Phi) is 7.69. The van der Waals surface area contributed by atoms with Gasteiger partial charge in [0.2, 0.25) is 10.0 Å². The van der Waals surface area contributed by atoms with Crippen LogP contribution in [-0.4, -0.2) is 48.9 Å². The van der Waals surface area contributed by atoms with E-state index in [0.29, 0.717) is 32.0 Å². The van der Waals surface area contributed by atoms with E-state index in [0.717, 1.165) is 17.7 Å². The quantitative estimate of drug-likeness (QED) is 0.585. The number of likely N-dealkylation sites (tertiary alicyclic amines) is 1. The van der Waals surface area contributed by atoms with Gasteiger partial charge in [-0.3, -0.25) is 0 Å². The highest BCUT2D eigenvalue weighted by Gasteiger charge is 2.38. The van der Waals surface area contributed by atoms with Crippen molar-refractivity contribution in [2.24, 2.45) is 0 Å². The molecule has 6 nitrogen and oxygen atoms in total. The molecule has 1 heterocycles. The largest absolute Gasteiger partial charge is 0.445 e. The van der Waals surface area contributed by atoms with Gasteiger partial charge in [0.25, 0.3) is 0 Å². The lowest BCUT2D eigenvalue weighted by Gasteiger charge is -2.39. The standard InChI is InChI=1S/C23H27F3N2O4S/c1-17(2)28(33(30,31)21-10-6-9-19(15-21)23(24,25)26)20-11-13-27(14-12-20)22(29)32-16-18-7-4-3-5-8-18/h3-10,15,17,20H,11-14,16H2,1-2H3. The predicted octanol–water partition coefficient (Wildman–Crippen LogP) is 4.91. The summed E-state index contributed by atoms with van der Waals surface area (Å²) < 4.78 is 72.5. The Balaban J connectivity index is 1.68. The van der Waals surface area contributed by atoms with Crippen LogP contribution in [0.3, 0.4) is 0 Å². The number of alkyl halides is 3. The first-order valence-electron chi connectivity index (χ1n) is 10.7. The molecule has 2 aromatic carbocycles. The molecule has 1 amide bonds. The molecule has 0 spiro atoms. The summed E-state index contributed by atoms with van der Waals surface area (Å²) in [5.74, 6) is 0. The van der Waals surface area contributed by atoms with Gasteiger partial charge in [0, 0.05) is 25.2 Å². The van der Waals surface area contributed by atoms with Gasteiger partial charge in [-0.1, -0.05) is 36.4 Å². The number of carbonyl (C=O) groups is 1. The molecular formula is C23H27F3N2O4S. The zero-order chi connectivity index (χ0) is 24.2. The molecule has 0 aromatic heterocycles. The van der Waals surface area contributed by atoms with Gasteiger partial charge in [-0.05, 0) is 50.5 Å². The number of nitrogens with zero attached hydrogens (tertiary/aromatic N) is 2. The second-order valence-corrected chi connectivity index (χ2v) is 10.1. The van der Waals surface area contributed by atoms with Crippen LogP contribution in [0.5, 0.6) is 0 Å². The molecule has 180 valence electrons. The first-order valence-corrected chi connectivity index (χ1v) is 12.1. The third kappa shape index (κ3) is 6.05. The topological polar surface area (TPSA) is 66.9 Å². The van der Waals surface area contributed by atoms with Gasteiger partial charge in [0.05, 0.1) is 10.5 Å². The summed E-state index contributed by atoms with van der Waals surface area (Å²) in [4.78, 5) is 13.5. The number of sulfonamides is 1. The fourth-order valence-electron chi connectivity index (χ4n) is 3.96. The summed E-state index contributed by atoms with van der Waals surface area (Å²) in [5.41, 5.74) is -0.151. The van der Waals surface area contributed by atoms with Crippen LogP contribution in [0.1, 0.15) is 37.8 Å². The van der Waals surface area contributed by atoms with Crippen molar-refractivity contribution in [1.82, 2.24) is 9.21 Å². The average Bonchev–Trinajstić information content (AvgIpc) is 2.78. The van der Waals surface area contributed by atoms with Gasteiger partial charge in [0.15, 0.2) is 0 Å². The zero-order valence-electron chi connectivity index (χ0n) is 18.5. The van der Waals surface area contributed by atoms with Crippen molar-refractivity contribution >= 4 is 16.1 Å². The highest BCUT2D eigenvalue weighted by atomic mass is 32.2. The minimum atomic E-state index is -4.64. The first-order chi connectivity index (χ1) is 15.5. The highest BCUT2D eigenvalue weighted by Crippen LogP contribution is 2.33. The molecule has 0 atom stereocenters. The number of carbonyl (C=O) groups excluding carboxylic acids is 1. The van der Waals surface area contributed by atoms with E-state index in [2.05, 4.69) is 0 Å². The minimum absolute atomic E-state index is 0.141. The Morgan fingerprint density at radius 2 is 1.73 bits per heavy atom. The maximum Gasteiger partial charge on any atom is 0.416 e. The molecule has 0 unspecified atom stereocenters. The van der Waals surface area contributed by atoms with Gasteiger partial charge < -0.3 is 9.64 Å². The van der Waals surface area contributed by atoms with Gasteiger partial charge in [-0.25, -0.2) is 13.2 Å². The van der Waals surface area contributed by atoms with Crippen molar-refractivity contribution in [3.8, 4) is 0 Å². The molecule has 0 aliphatic carbocycles. The van der Waals surface area contributed by atoms with Crippen molar-refractivity contribution in [1.29, 1.82) is 0 Å². The highest BCUT2D eigenvalue weighted by molar-refractivity contribution is 7.89. The lowest BCUT2D eigenvalue weighted by Crippen LogP contribution is -2.51. The fraction of sp³-hybridized carbons (Fsp3) is 0.435. The van der Waals surface area contributed by atoms with E-state index in [1.54, 1.807) is 13.8 Å². The molecule has 1 saturated heterocycles. The van der Waals surface area contributed by atoms with E-state index in [9.17, 15) is 26.4 Å². The number of rotatable bonds is 6. The van der Waals surface area contributed by atoms with E-state index in [1.807, 2.05) is 30.3 Å². The number of hydrogen-bond donors (Lipinski definition) is 0. The third-order valence-electron chi connectivity index (χ3n) is 5.53. The smallest absolute Gasteiger partial charge is 0.416 e. The minimum Gasteiger partial charge on any atom is -0.445 e. The number of halogens is 3. The molecule has 1 aliphatic heterocycles. The number of ether oxygens (including phenoxy) is 1. The maximum absolute atomic E-state index is 13.3. The Morgan fingerprint density at radius 1 is 1.09 bits per heavy atom. The Morgan fingerprint density at radius 3 is 2.30 bits per heavy atom. The lowest BCUT2D eigenvalue weighted by molar-refractivity contribution is -0.137. The normalized spacial score (nSPS) is 15.8. The number of benzene rings is 2. The summed E-state index contributed by atoms with van der Waals surface area (Å²) >= 11 is 0. The van der Waals surface area contributed by atoms with Gasteiger partial charge in [-0.15, -0.1) is 0 Å². The molecule has 3 rings (SSSR count). The lowest BCUT2D eigenvalue weighted by atomic mass is 10.0. The SMILES string of the molecule is CC(C)N(C1CCN(C(=O)OCc2ccccc2)CC1)S(=O)(=O)c1cccc(C(F)(F)F)c1. The van der Waals surface area contributed by atoms with E-state index in [-0.39, 0.29) is 6.61 Å². The molecule has 10 heteroatoms. The number of piperidine rings is 1. The van der Waals surface area contributed by atoms with E-state index in [1.165, 1.54) is 15.3 Å². The summed E-state index contributed by atoms with van der Waals surface area (Å²) in [6.07, 6.45) is -4.40. The van der Waals surface area contributed by atoms with Gasteiger partial charge in [-0.2, -0.15) is 17.5 Å². The monoisotopic (exact) mass is 484 g/mol. The average molecular weight is 485 g/mol. The summed E-state index contributed by atoms with van der Waals surface area (Å²) in [7, 11) is -4.17. The van der Waals surface area contributed by atoms with Crippen molar-refractivity contribution < 1.29 is 31.1 Å². The zero-order valence-corrected chi connectivity index (χ0v) is 19.3. The van der Waals surface area contributed by atoms with E-state index >= 15 is 0 Å². The van der Waals surface area contributed by atoms with Crippen LogP contribution in [0.15, 0.2) is 59.5 Å². The summed E-state index contributed by atoms with van der Waals surface area (Å²) in [6, 6.07) is 12.1. The second-order valence-electron chi connectivity index (χ2n) is 8.21. The first kappa shape index (κ1) is 25.0. The molecule has 0 bridgehead atoms. The van der Waals surface area contributed by atoms with E-state index in [4.69, 9.17) is 4.74 Å². The molecule has 33 heavy (non-hydrogen) atoms. The molecule has 2 aromatic rings. The van der Waals surface area contributed by atoms with Crippen molar-refractivity contribution in [3.63, 3.8) is 0 Å². The van der Waals surface area contributed by atoms with Crippen LogP contribution in [0.2, 0.25) is 0 Å². The molecular weight excluding hydrogens is 457 g/mol. The van der Waals surface area contributed by atoms with Crippen molar-refractivity contribution in [2.45, 2.75) is 56.5 Å². The van der Waals surface area contributed by atoms with Gasteiger partial charge in [0.1, 0.15) is 6.61 Å². The third-order valence-corrected chi connectivity index (χ3v) is 7.66. The van der Waals surface area contributed by atoms with Crippen LogP contribution in [0.25, 0.3) is 0 Å². The maximum atomic E-state index is 13.3. The van der Waals surface area contributed by atoms with Crippen molar-refractivity contribution in [3.05, 3.63) is 65.7 Å². The van der Waals surface area contributed by atoms with Crippen LogP contribution in [0, 0.1) is 0 Å². The van der Waals surface area contributed by atoms with Crippen LogP contribution >= 0.6 is 0 Å². The number of hydrogen-bond acceptors (Lipinski definition) is 4. The van der Waals surface area contributed by atoms with Crippen LogP contribution in [0.4, 0.5) is 18.0 Å². The summed E-state index contributed by atoms with van der Waals surface area (Å²) in [6.45, 7) is 4.10. The van der Waals surface area contributed by atoms with E-state index < -0.39 is 44.8 Å². The van der Waals surface area contributed by atoms with Crippen LogP contribution in [-0.2, 0) is 27.5 Å². The predicted molar refractivity (Wildman–Crippen MR) is 117 cm³/mol. The Labute approximate surface area is 192 Å². The molecule has 0 N–H and O–H groups in total. The molecule has 1 fully saturated rings. The molecule has 1 aliphatic rings. The van der Waals surface area contributed by atoms with Crippen molar-refractivity contribution in [2.75, 3.05) is 13.1 Å². The number of amides is 1. The second kappa shape index (κ2) is 10.1. The molecule has 0 radical (unpaired) electrons. The summed E-state index contributed by atoms with van der Waals surface area (Å²) in [5, 5.41) is 0. The van der Waals surface area contributed by atoms with Gasteiger partial charge >= 0.3 is 12.3 Å². The molecule has 0 saturated carbocycles.